The smallest absolute Gasteiger partial charge is 0.342 e. The Bertz CT molecular complexity index is 382. The number of nitrogens with zero attached hydrogens (tertiary/aromatic N) is 1. The molecule has 5 heteroatoms. The van der Waals surface area contributed by atoms with Crippen LogP contribution in [0.15, 0.2) is 12.3 Å². The van der Waals surface area contributed by atoms with Crippen molar-refractivity contribution in [2.75, 3.05) is 12.4 Å². The van der Waals surface area contributed by atoms with E-state index in [0.29, 0.717) is 11.4 Å². The average Bonchev–Trinajstić information content (AvgIpc) is 2.28. The summed E-state index contributed by atoms with van der Waals surface area (Å²) in [6.07, 6.45) is 2.65. The number of halogens is 1. The second-order valence-electron chi connectivity index (χ2n) is 3.46. The van der Waals surface area contributed by atoms with Gasteiger partial charge >= 0.3 is 5.97 Å². The first-order chi connectivity index (χ1) is 7.60. The van der Waals surface area contributed by atoms with E-state index in [1.54, 1.807) is 12.3 Å². The van der Waals surface area contributed by atoms with Crippen LogP contribution in [0.4, 0.5) is 5.82 Å². The Hall–Kier alpha value is -0.850. The Labute approximate surface area is 109 Å². The lowest BCUT2D eigenvalue weighted by Crippen LogP contribution is -2.18. The summed E-state index contributed by atoms with van der Waals surface area (Å²) >= 11 is 2.10. The second kappa shape index (κ2) is 6.03. The molecular weight excluding hydrogens is 319 g/mol. The molecule has 0 amide bonds. The molecule has 0 spiro atoms. The van der Waals surface area contributed by atoms with Gasteiger partial charge in [0.05, 0.1) is 7.11 Å². The minimum absolute atomic E-state index is 0.272. The van der Waals surface area contributed by atoms with Crippen LogP contribution in [0.1, 0.15) is 30.6 Å². The maximum atomic E-state index is 11.6. The zero-order valence-electron chi connectivity index (χ0n) is 9.58. The Balaban J connectivity index is 3.07. The highest BCUT2D eigenvalue weighted by molar-refractivity contribution is 14.1. The van der Waals surface area contributed by atoms with Crippen molar-refractivity contribution in [1.82, 2.24) is 4.98 Å². The van der Waals surface area contributed by atoms with Gasteiger partial charge in [0, 0.05) is 15.8 Å². The van der Waals surface area contributed by atoms with E-state index in [4.69, 9.17) is 4.74 Å². The van der Waals surface area contributed by atoms with Crippen molar-refractivity contribution < 1.29 is 9.53 Å². The molecule has 1 N–H and O–H groups in total. The van der Waals surface area contributed by atoms with E-state index in [9.17, 15) is 4.79 Å². The number of esters is 1. The molecule has 0 aliphatic carbocycles. The van der Waals surface area contributed by atoms with Gasteiger partial charge < -0.3 is 10.1 Å². The van der Waals surface area contributed by atoms with Crippen molar-refractivity contribution in [2.45, 2.75) is 26.3 Å². The zero-order chi connectivity index (χ0) is 12.1. The number of rotatable bonds is 4. The van der Waals surface area contributed by atoms with Gasteiger partial charge in [0.2, 0.25) is 0 Å². The summed E-state index contributed by atoms with van der Waals surface area (Å²) in [4.78, 5) is 15.8. The van der Waals surface area contributed by atoms with E-state index in [1.807, 2.05) is 6.92 Å². The highest BCUT2D eigenvalue weighted by Crippen LogP contribution is 2.21. The Kier molecular flexibility index (Phi) is 4.98. The van der Waals surface area contributed by atoms with E-state index in [2.05, 4.69) is 39.8 Å². The van der Waals surface area contributed by atoms with Crippen LogP contribution in [-0.4, -0.2) is 24.1 Å². The molecule has 0 fully saturated rings. The van der Waals surface area contributed by atoms with E-state index < -0.39 is 0 Å². The van der Waals surface area contributed by atoms with Crippen molar-refractivity contribution in [3.05, 3.63) is 21.4 Å². The molecule has 4 nitrogen and oxygen atoms in total. The molecule has 0 saturated heterocycles. The third kappa shape index (κ3) is 3.07. The minimum Gasteiger partial charge on any atom is -0.465 e. The zero-order valence-corrected chi connectivity index (χ0v) is 11.7. The number of methoxy groups -OCH3 is 1. The highest BCUT2D eigenvalue weighted by atomic mass is 127. The van der Waals surface area contributed by atoms with Gasteiger partial charge in [-0.1, -0.05) is 6.92 Å². The molecule has 0 bridgehead atoms. The fourth-order valence-electron chi connectivity index (χ4n) is 1.18. The van der Waals surface area contributed by atoms with Gasteiger partial charge in [-0.25, -0.2) is 9.78 Å². The van der Waals surface area contributed by atoms with Crippen LogP contribution < -0.4 is 5.32 Å². The Morgan fingerprint density at radius 2 is 2.38 bits per heavy atom. The lowest BCUT2D eigenvalue weighted by atomic mass is 10.2. The lowest BCUT2D eigenvalue weighted by Gasteiger charge is -2.15. The number of anilines is 1. The number of hydrogen-bond donors (Lipinski definition) is 1. The first kappa shape index (κ1) is 13.2. The third-order valence-electron chi connectivity index (χ3n) is 2.29. The normalized spacial score (nSPS) is 12.0. The molecule has 16 heavy (non-hydrogen) atoms. The van der Waals surface area contributed by atoms with Gasteiger partial charge in [-0.2, -0.15) is 0 Å². The van der Waals surface area contributed by atoms with Crippen molar-refractivity contribution in [2.24, 2.45) is 0 Å². The molecule has 0 aliphatic rings. The Morgan fingerprint density at radius 3 is 2.94 bits per heavy atom. The van der Waals surface area contributed by atoms with Crippen molar-refractivity contribution in [3.63, 3.8) is 0 Å². The molecule has 0 saturated carbocycles. The van der Waals surface area contributed by atoms with Gasteiger partial charge in [-0.15, -0.1) is 0 Å². The maximum absolute atomic E-state index is 11.6. The fraction of sp³-hybridized carbons (Fsp3) is 0.455. The number of hydrogen-bond acceptors (Lipinski definition) is 4. The number of carbonyl (C=O) groups excluding carboxylic acids is 1. The van der Waals surface area contributed by atoms with Crippen LogP contribution >= 0.6 is 22.6 Å². The summed E-state index contributed by atoms with van der Waals surface area (Å²) in [5.41, 5.74) is 0.505. The standard InChI is InChI=1S/C11H15IN2O2/c1-4-7(2)14-10-9(11(15)16-3)8(12)5-6-13-10/h5-7H,4H2,1-3H3,(H,13,14). The Morgan fingerprint density at radius 1 is 1.69 bits per heavy atom. The molecule has 0 aliphatic heterocycles. The monoisotopic (exact) mass is 334 g/mol. The van der Waals surface area contributed by atoms with Crippen LogP contribution in [0.2, 0.25) is 0 Å². The highest BCUT2D eigenvalue weighted by Gasteiger charge is 2.17. The van der Waals surface area contributed by atoms with Gasteiger partial charge in [-0.05, 0) is 42.0 Å². The van der Waals surface area contributed by atoms with Gasteiger partial charge in [0.25, 0.3) is 0 Å². The summed E-state index contributed by atoms with van der Waals surface area (Å²) < 4.78 is 5.59. The van der Waals surface area contributed by atoms with Crippen LogP contribution in [0, 0.1) is 3.57 Å². The largest absolute Gasteiger partial charge is 0.465 e. The molecule has 1 unspecified atom stereocenters. The van der Waals surface area contributed by atoms with Crippen LogP contribution in [0.5, 0.6) is 0 Å². The van der Waals surface area contributed by atoms with Crippen LogP contribution in [0.25, 0.3) is 0 Å². The summed E-state index contributed by atoms with van der Waals surface area (Å²) in [5.74, 6) is 0.233. The predicted molar refractivity (Wildman–Crippen MR) is 71.7 cm³/mol. The quantitative estimate of drug-likeness (QED) is 0.679. The molecule has 0 radical (unpaired) electrons. The molecule has 1 atom stereocenters. The topological polar surface area (TPSA) is 51.2 Å². The molecular formula is C11H15IN2O2. The van der Waals surface area contributed by atoms with E-state index in [0.717, 1.165) is 9.99 Å². The first-order valence-electron chi connectivity index (χ1n) is 5.09. The molecule has 1 aromatic heterocycles. The first-order valence-corrected chi connectivity index (χ1v) is 6.17. The van der Waals surface area contributed by atoms with E-state index >= 15 is 0 Å². The van der Waals surface area contributed by atoms with E-state index in [1.165, 1.54) is 7.11 Å². The molecule has 1 aromatic rings. The molecule has 88 valence electrons. The third-order valence-corrected chi connectivity index (χ3v) is 3.18. The van der Waals surface area contributed by atoms with E-state index in [-0.39, 0.29) is 12.0 Å². The molecule has 1 rings (SSSR count). The van der Waals surface area contributed by atoms with Crippen LogP contribution in [-0.2, 0) is 4.74 Å². The fourth-order valence-corrected chi connectivity index (χ4v) is 1.82. The van der Waals surface area contributed by atoms with Crippen molar-refractivity contribution in [3.8, 4) is 0 Å². The van der Waals surface area contributed by atoms with Gasteiger partial charge in [0.1, 0.15) is 11.4 Å². The molecule has 0 aromatic carbocycles. The summed E-state index contributed by atoms with van der Waals surface area (Å²) in [6.45, 7) is 4.12. The number of aromatic nitrogens is 1. The number of carbonyl (C=O) groups is 1. The maximum Gasteiger partial charge on any atom is 0.342 e. The number of ether oxygens (including phenoxy) is 1. The van der Waals surface area contributed by atoms with Crippen molar-refractivity contribution in [1.29, 1.82) is 0 Å². The SMILES string of the molecule is CCC(C)Nc1nccc(I)c1C(=O)OC. The van der Waals surface area contributed by atoms with Crippen molar-refractivity contribution >= 4 is 34.4 Å². The number of pyridine rings is 1. The summed E-state index contributed by atoms with van der Waals surface area (Å²) in [5, 5.41) is 3.20. The lowest BCUT2D eigenvalue weighted by molar-refractivity contribution is 0.0600. The summed E-state index contributed by atoms with van der Waals surface area (Å²) in [6, 6.07) is 2.06. The number of nitrogens with one attached hydrogen (secondary N) is 1. The minimum atomic E-state index is -0.358. The van der Waals surface area contributed by atoms with Crippen LogP contribution in [0.3, 0.4) is 0 Å². The van der Waals surface area contributed by atoms with Gasteiger partial charge in [-0.3, -0.25) is 0 Å². The average molecular weight is 334 g/mol. The molecule has 1 heterocycles. The predicted octanol–water partition coefficient (Wildman–Crippen LogP) is 2.68. The second-order valence-corrected chi connectivity index (χ2v) is 4.62. The summed E-state index contributed by atoms with van der Waals surface area (Å²) in [7, 11) is 1.37. The van der Waals surface area contributed by atoms with Gasteiger partial charge in [0.15, 0.2) is 0 Å².